The first kappa shape index (κ1) is 7.63. The molecule has 52 valence electrons. The molecule has 1 aliphatic rings. The SMILES string of the molecule is C[P+]1(C)C=N[P+](C)(C)C1. The van der Waals surface area contributed by atoms with Gasteiger partial charge in [-0.2, -0.15) is 0 Å². The molecule has 0 radical (unpaired) electrons. The van der Waals surface area contributed by atoms with Crippen LogP contribution in [0.1, 0.15) is 0 Å². The Bertz CT molecular complexity index is 133. The number of rotatable bonds is 0. The van der Waals surface area contributed by atoms with Gasteiger partial charge in [-0.25, -0.2) is 0 Å². The third kappa shape index (κ3) is 1.99. The molecular formula is C6H15NP2+2. The van der Waals surface area contributed by atoms with Gasteiger partial charge in [-0.05, 0) is 0 Å². The molecule has 0 aromatic carbocycles. The summed E-state index contributed by atoms with van der Waals surface area (Å²) in [5, 5.41) is 0. The summed E-state index contributed by atoms with van der Waals surface area (Å²) in [6, 6.07) is 0. The van der Waals surface area contributed by atoms with Gasteiger partial charge in [-0.1, -0.05) is 4.76 Å². The third-order valence-electron chi connectivity index (χ3n) is 1.39. The van der Waals surface area contributed by atoms with Gasteiger partial charge in [0.1, 0.15) is 0 Å². The van der Waals surface area contributed by atoms with Crippen molar-refractivity contribution in [2.24, 2.45) is 4.76 Å². The number of nitrogens with zero attached hydrogens (tertiary/aromatic N) is 1. The van der Waals surface area contributed by atoms with E-state index in [1.165, 1.54) is 5.90 Å². The lowest BCUT2D eigenvalue weighted by Gasteiger charge is -2.06. The van der Waals surface area contributed by atoms with Crippen molar-refractivity contribution >= 4 is 20.6 Å². The fourth-order valence-corrected chi connectivity index (χ4v) is 11.2. The topological polar surface area (TPSA) is 12.4 Å². The van der Waals surface area contributed by atoms with Gasteiger partial charge in [0, 0.05) is 0 Å². The summed E-state index contributed by atoms with van der Waals surface area (Å²) < 4.78 is 4.56. The Balaban J connectivity index is 2.71. The average Bonchev–Trinajstić information content (AvgIpc) is 1.78. The molecule has 0 saturated carbocycles. The molecule has 3 heteroatoms. The van der Waals surface area contributed by atoms with Crippen LogP contribution in [0.15, 0.2) is 4.76 Å². The molecule has 0 aromatic heterocycles. The molecule has 0 amide bonds. The van der Waals surface area contributed by atoms with Crippen molar-refractivity contribution in [2.75, 3.05) is 32.6 Å². The van der Waals surface area contributed by atoms with Crippen molar-refractivity contribution in [3.05, 3.63) is 0 Å². The zero-order valence-corrected chi connectivity index (χ0v) is 8.41. The maximum absolute atomic E-state index is 4.56. The molecule has 0 bridgehead atoms. The van der Waals surface area contributed by atoms with E-state index in [1.807, 2.05) is 0 Å². The van der Waals surface area contributed by atoms with Crippen molar-refractivity contribution in [3.8, 4) is 0 Å². The van der Waals surface area contributed by atoms with Crippen molar-refractivity contribution in [1.82, 2.24) is 0 Å². The molecule has 9 heavy (non-hydrogen) atoms. The molecule has 0 fully saturated rings. The van der Waals surface area contributed by atoms with E-state index in [-0.39, 0.29) is 0 Å². The minimum absolute atomic E-state index is 0.657. The zero-order chi connectivity index (χ0) is 7.12. The van der Waals surface area contributed by atoms with Gasteiger partial charge in [-0.15, -0.1) is 0 Å². The van der Waals surface area contributed by atoms with Crippen LogP contribution >= 0.6 is 14.7 Å². The van der Waals surface area contributed by atoms with Gasteiger partial charge in [0.05, 0.1) is 33.9 Å². The van der Waals surface area contributed by atoms with Crippen LogP contribution in [0.5, 0.6) is 0 Å². The molecule has 0 saturated heterocycles. The summed E-state index contributed by atoms with van der Waals surface area (Å²) in [6.45, 7) is 9.37. The Morgan fingerprint density at radius 3 is 1.89 bits per heavy atom. The third-order valence-corrected chi connectivity index (χ3v) is 8.74. The van der Waals surface area contributed by atoms with E-state index < -0.39 is 14.7 Å². The highest BCUT2D eigenvalue weighted by molar-refractivity contribution is 8.01. The lowest BCUT2D eigenvalue weighted by Crippen LogP contribution is -1.90. The molecule has 0 spiro atoms. The van der Waals surface area contributed by atoms with Crippen LogP contribution in [0.4, 0.5) is 0 Å². The van der Waals surface area contributed by atoms with Crippen LogP contribution in [0.2, 0.25) is 0 Å². The second-order valence-electron chi connectivity index (χ2n) is 3.77. The van der Waals surface area contributed by atoms with E-state index in [0.717, 1.165) is 0 Å². The van der Waals surface area contributed by atoms with Gasteiger partial charge in [0.15, 0.2) is 19.3 Å². The minimum Gasteiger partial charge on any atom is -0.0964 e. The quantitative estimate of drug-likeness (QED) is 0.486. The van der Waals surface area contributed by atoms with Crippen LogP contribution in [-0.2, 0) is 0 Å². The van der Waals surface area contributed by atoms with Gasteiger partial charge >= 0.3 is 0 Å². The number of hydrogen-bond acceptors (Lipinski definition) is 1. The predicted molar refractivity (Wildman–Crippen MR) is 50.9 cm³/mol. The summed E-state index contributed by atoms with van der Waals surface area (Å²) in [5.74, 6) is 3.64. The van der Waals surface area contributed by atoms with E-state index in [9.17, 15) is 0 Å². The smallest absolute Gasteiger partial charge is 0.0964 e. The molecule has 1 aliphatic heterocycles. The fourth-order valence-electron chi connectivity index (χ4n) is 1.24. The van der Waals surface area contributed by atoms with Crippen molar-refractivity contribution in [2.45, 2.75) is 0 Å². The summed E-state index contributed by atoms with van der Waals surface area (Å²) in [5.41, 5.74) is 0. The van der Waals surface area contributed by atoms with E-state index in [2.05, 4.69) is 37.4 Å². The van der Waals surface area contributed by atoms with Crippen molar-refractivity contribution < 1.29 is 0 Å². The van der Waals surface area contributed by atoms with Crippen LogP contribution < -0.4 is 0 Å². The first-order valence-electron chi connectivity index (χ1n) is 3.14. The van der Waals surface area contributed by atoms with Gasteiger partial charge in [0.2, 0.25) is 0 Å². The number of hydrogen-bond donors (Lipinski definition) is 0. The van der Waals surface area contributed by atoms with Crippen LogP contribution in [0.3, 0.4) is 0 Å². The monoisotopic (exact) mass is 163 g/mol. The van der Waals surface area contributed by atoms with Crippen molar-refractivity contribution in [1.29, 1.82) is 0 Å². The summed E-state index contributed by atoms with van der Waals surface area (Å²) in [6.07, 6.45) is 0. The Kier molecular flexibility index (Phi) is 1.70. The standard InChI is InChI=1S/C6H15NP2/c1-8(2)5-7-9(3,4)6-8/h5H,6H2,1-4H3/q+2. The molecule has 1 nitrogen and oxygen atoms in total. The fraction of sp³-hybridized carbons (Fsp3) is 0.833. The summed E-state index contributed by atoms with van der Waals surface area (Å²) in [4.78, 5) is 0. The van der Waals surface area contributed by atoms with E-state index in [0.29, 0.717) is 0 Å². The Morgan fingerprint density at radius 1 is 1.22 bits per heavy atom. The average molecular weight is 163 g/mol. The second-order valence-corrected chi connectivity index (χ2v) is 12.2. The first-order chi connectivity index (χ1) is 3.91. The maximum atomic E-state index is 4.56. The van der Waals surface area contributed by atoms with Gasteiger partial charge in [-0.3, -0.25) is 0 Å². The van der Waals surface area contributed by atoms with E-state index >= 15 is 0 Å². The second kappa shape index (κ2) is 2.01. The highest BCUT2D eigenvalue weighted by atomic mass is 31.2. The maximum Gasteiger partial charge on any atom is 0.187 e. The van der Waals surface area contributed by atoms with Crippen molar-refractivity contribution in [3.63, 3.8) is 0 Å². The molecule has 0 unspecified atom stereocenters. The largest absolute Gasteiger partial charge is 0.187 e. The van der Waals surface area contributed by atoms with Crippen LogP contribution in [0.25, 0.3) is 0 Å². The van der Waals surface area contributed by atoms with Crippen LogP contribution in [-0.4, -0.2) is 38.5 Å². The highest BCUT2D eigenvalue weighted by Gasteiger charge is 2.45. The first-order valence-corrected chi connectivity index (χ1v) is 8.90. The molecular weight excluding hydrogens is 148 g/mol. The lowest BCUT2D eigenvalue weighted by molar-refractivity contribution is 1.76. The highest BCUT2D eigenvalue weighted by Crippen LogP contribution is 2.72. The Labute approximate surface area is 58.7 Å². The van der Waals surface area contributed by atoms with Gasteiger partial charge < -0.3 is 0 Å². The van der Waals surface area contributed by atoms with Crippen LogP contribution in [0, 0.1) is 0 Å². The molecule has 1 heterocycles. The zero-order valence-electron chi connectivity index (χ0n) is 6.63. The predicted octanol–water partition coefficient (Wildman–Crippen LogP) is 2.46. The minimum atomic E-state index is -0.796. The molecule has 0 N–H and O–H groups in total. The summed E-state index contributed by atoms with van der Waals surface area (Å²) in [7, 11) is -1.45. The molecule has 0 aliphatic carbocycles. The normalized spacial score (nSPS) is 28.9. The van der Waals surface area contributed by atoms with E-state index in [1.54, 1.807) is 0 Å². The Hall–Kier alpha value is 0.530. The van der Waals surface area contributed by atoms with E-state index in [4.69, 9.17) is 0 Å². The summed E-state index contributed by atoms with van der Waals surface area (Å²) >= 11 is 0. The molecule has 1 rings (SSSR count). The molecule has 0 atom stereocenters. The molecule has 0 aromatic rings. The Morgan fingerprint density at radius 2 is 1.78 bits per heavy atom. The van der Waals surface area contributed by atoms with Gasteiger partial charge in [0.25, 0.3) is 0 Å². The lowest BCUT2D eigenvalue weighted by atomic mass is 11.7.